The Morgan fingerprint density at radius 2 is 2.10 bits per heavy atom. The summed E-state index contributed by atoms with van der Waals surface area (Å²) < 4.78 is 20.9. The number of nitrogens with two attached hydrogens (primary N) is 1. The molecule has 1 aliphatic carbocycles. The van der Waals surface area contributed by atoms with Crippen molar-refractivity contribution in [3.63, 3.8) is 0 Å². The predicted octanol–water partition coefficient (Wildman–Crippen LogP) is 3.83. The van der Waals surface area contributed by atoms with E-state index in [4.69, 9.17) is 10.6 Å². The Kier molecular flexibility index (Phi) is 5.55. The molecule has 0 amide bonds. The third-order valence-corrected chi connectivity index (χ3v) is 4.73. The molecule has 3 nitrogen and oxygen atoms in total. The van der Waals surface area contributed by atoms with Gasteiger partial charge in [-0.2, -0.15) is 0 Å². The quantitative estimate of drug-likeness (QED) is 0.630. The Balaban J connectivity index is 2.39. The van der Waals surface area contributed by atoms with Gasteiger partial charge in [0.25, 0.3) is 0 Å². The van der Waals surface area contributed by atoms with Crippen molar-refractivity contribution in [3.8, 4) is 0 Å². The lowest BCUT2D eigenvalue weighted by atomic mass is 9.76. The van der Waals surface area contributed by atoms with Gasteiger partial charge in [-0.05, 0) is 41.8 Å². The Bertz CT molecular complexity index is 444. The largest absolute Gasteiger partial charge is 0.373 e. The van der Waals surface area contributed by atoms with E-state index >= 15 is 0 Å². The summed E-state index contributed by atoms with van der Waals surface area (Å²) >= 11 is 3.24. The minimum atomic E-state index is -0.413. The molecule has 1 fully saturated rings. The molecule has 0 radical (unpaired) electrons. The lowest BCUT2D eigenvalue weighted by Crippen LogP contribution is -2.50. The Morgan fingerprint density at radius 3 is 2.70 bits per heavy atom. The van der Waals surface area contributed by atoms with Gasteiger partial charge in [0.05, 0.1) is 16.1 Å². The molecular formula is C15H22BrFN2O. The van der Waals surface area contributed by atoms with Crippen molar-refractivity contribution >= 4 is 15.9 Å². The summed E-state index contributed by atoms with van der Waals surface area (Å²) in [5, 5.41) is 0. The van der Waals surface area contributed by atoms with Crippen molar-refractivity contribution in [2.24, 2.45) is 5.84 Å². The smallest absolute Gasteiger partial charge is 0.142 e. The molecule has 0 bridgehead atoms. The molecule has 0 aliphatic heterocycles. The predicted molar refractivity (Wildman–Crippen MR) is 81.6 cm³/mol. The first kappa shape index (κ1) is 15.9. The highest BCUT2D eigenvalue weighted by Gasteiger charge is 2.42. The minimum absolute atomic E-state index is 0.264. The van der Waals surface area contributed by atoms with E-state index in [1.54, 1.807) is 12.1 Å². The second-order valence-electron chi connectivity index (χ2n) is 5.30. The monoisotopic (exact) mass is 344 g/mol. The third-order valence-electron chi connectivity index (χ3n) is 4.12. The molecule has 2 rings (SSSR count). The molecule has 3 N–H and O–H groups in total. The van der Waals surface area contributed by atoms with Gasteiger partial charge in [-0.25, -0.2) is 9.82 Å². The maximum absolute atomic E-state index is 14.4. The molecule has 0 saturated heterocycles. The van der Waals surface area contributed by atoms with Crippen molar-refractivity contribution in [2.45, 2.75) is 50.7 Å². The molecule has 0 spiro atoms. The fraction of sp³-hybridized carbons (Fsp3) is 0.600. The van der Waals surface area contributed by atoms with E-state index in [0.29, 0.717) is 16.6 Å². The maximum atomic E-state index is 14.4. The van der Waals surface area contributed by atoms with Crippen LogP contribution < -0.4 is 11.3 Å². The number of benzene rings is 1. The standard InChI is InChI=1S/C15H22BrFN2O/c1-2-20-15(9-4-3-5-10-15)14(19-18)11-7-6-8-12(16)13(11)17/h6-8,14,19H,2-5,9-10,18H2,1H3. The van der Waals surface area contributed by atoms with Gasteiger partial charge >= 0.3 is 0 Å². The van der Waals surface area contributed by atoms with Crippen molar-refractivity contribution in [1.29, 1.82) is 0 Å². The molecule has 1 aromatic rings. The van der Waals surface area contributed by atoms with Crippen LogP contribution in [0.2, 0.25) is 0 Å². The number of hydrogen-bond acceptors (Lipinski definition) is 3. The average molecular weight is 345 g/mol. The summed E-state index contributed by atoms with van der Waals surface area (Å²) in [6.45, 7) is 2.58. The number of nitrogens with one attached hydrogen (secondary N) is 1. The summed E-state index contributed by atoms with van der Waals surface area (Å²) in [7, 11) is 0. The van der Waals surface area contributed by atoms with Crippen LogP contribution in [0.3, 0.4) is 0 Å². The summed E-state index contributed by atoms with van der Waals surface area (Å²) in [6.07, 6.45) is 5.19. The molecule has 0 aromatic heterocycles. The fourth-order valence-electron chi connectivity index (χ4n) is 3.22. The van der Waals surface area contributed by atoms with Crippen LogP contribution in [0.4, 0.5) is 4.39 Å². The van der Waals surface area contributed by atoms with Crippen LogP contribution in [0, 0.1) is 5.82 Å². The van der Waals surface area contributed by atoms with E-state index in [9.17, 15) is 4.39 Å². The van der Waals surface area contributed by atoms with Crippen LogP contribution in [-0.2, 0) is 4.74 Å². The van der Waals surface area contributed by atoms with Crippen molar-refractivity contribution < 1.29 is 9.13 Å². The number of hydrazine groups is 1. The lowest BCUT2D eigenvalue weighted by molar-refractivity contribution is -0.0920. The normalized spacial score (nSPS) is 19.8. The van der Waals surface area contributed by atoms with Gasteiger partial charge < -0.3 is 4.74 Å². The second kappa shape index (κ2) is 6.98. The Hall–Kier alpha value is -0.490. The highest BCUT2D eigenvalue weighted by atomic mass is 79.9. The van der Waals surface area contributed by atoms with Crippen molar-refractivity contribution in [1.82, 2.24) is 5.43 Å². The van der Waals surface area contributed by atoms with Gasteiger partial charge in [0, 0.05) is 12.2 Å². The van der Waals surface area contributed by atoms with Gasteiger partial charge in [-0.1, -0.05) is 31.4 Å². The van der Waals surface area contributed by atoms with Crippen LogP contribution in [-0.4, -0.2) is 12.2 Å². The first-order valence-corrected chi connectivity index (χ1v) is 7.98. The minimum Gasteiger partial charge on any atom is -0.373 e. The maximum Gasteiger partial charge on any atom is 0.142 e. The summed E-state index contributed by atoms with van der Waals surface area (Å²) in [5.74, 6) is 5.49. The van der Waals surface area contributed by atoms with Crippen molar-refractivity contribution in [2.75, 3.05) is 6.61 Å². The van der Waals surface area contributed by atoms with Crippen molar-refractivity contribution in [3.05, 3.63) is 34.1 Å². The number of ether oxygens (including phenoxy) is 1. The molecule has 1 saturated carbocycles. The third kappa shape index (κ3) is 3.06. The van der Waals surface area contributed by atoms with E-state index < -0.39 is 5.60 Å². The van der Waals surface area contributed by atoms with Crippen LogP contribution in [0.25, 0.3) is 0 Å². The molecular weight excluding hydrogens is 323 g/mol. The zero-order chi connectivity index (χ0) is 14.6. The zero-order valence-corrected chi connectivity index (χ0v) is 13.4. The summed E-state index contributed by atoms with van der Waals surface area (Å²) in [4.78, 5) is 0. The summed E-state index contributed by atoms with van der Waals surface area (Å²) in [6, 6.07) is 4.97. The van der Waals surface area contributed by atoms with Crippen LogP contribution >= 0.6 is 15.9 Å². The number of rotatable bonds is 5. The van der Waals surface area contributed by atoms with Gasteiger partial charge in [0.2, 0.25) is 0 Å². The van der Waals surface area contributed by atoms with E-state index in [2.05, 4.69) is 21.4 Å². The van der Waals surface area contributed by atoms with Crippen LogP contribution in [0.5, 0.6) is 0 Å². The highest BCUT2D eigenvalue weighted by molar-refractivity contribution is 9.10. The SMILES string of the molecule is CCOC1(C(NN)c2cccc(Br)c2F)CCCCC1. The van der Waals surface area contributed by atoms with Gasteiger partial charge in [0.1, 0.15) is 5.82 Å². The molecule has 1 atom stereocenters. The molecule has 5 heteroatoms. The molecule has 0 heterocycles. The van der Waals surface area contributed by atoms with Gasteiger partial charge in [-0.3, -0.25) is 5.84 Å². The fourth-order valence-corrected chi connectivity index (χ4v) is 3.60. The van der Waals surface area contributed by atoms with E-state index in [-0.39, 0.29) is 11.9 Å². The Labute approximate surface area is 128 Å². The van der Waals surface area contributed by atoms with E-state index in [1.807, 2.05) is 13.0 Å². The first-order chi connectivity index (χ1) is 9.64. The van der Waals surface area contributed by atoms with Crippen LogP contribution in [0.1, 0.15) is 50.6 Å². The van der Waals surface area contributed by atoms with Gasteiger partial charge in [-0.15, -0.1) is 0 Å². The Morgan fingerprint density at radius 1 is 1.40 bits per heavy atom. The number of halogens is 2. The van der Waals surface area contributed by atoms with Crippen LogP contribution in [0.15, 0.2) is 22.7 Å². The topological polar surface area (TPSA) is 47.3 Å². The molecule has 1 unspecified atom stereocenters. The average Bonchev–Trinajstić information content (AvgIpc) is 2.45. The number of hydrogen-bond donors (Lipinski definition) is 2. The van der Waals surface area contributed by atoms with E-state index in [1.165, 1.54) is 6.42 Å². The second-order valence-corrected chi connectivity index (χ2v) is 6.16. The molecule has 20 heavy (non-hydrogen) atoms. The summed E-state index contributed by atoms with van der Waals surface area (Å²) in [5.41, 5.74) is 2.95. The molecule has 112 valence electrons. The molecule has 1 aromatic carbocycles. The lowest BCUT2D eigenvalue weighted by Gasteiger charge is -2.43. The zero-order valence-electron chi connectivity index (χ0n) is 11.8. The molecule has 1 aliphatic rings. The highest BCUT2D eigenvalue weighted by Crippen LogP contribution is 2.42. The first-order valence-electron chi connectivity index (χ1n) is 7.18. The van der Waals surface area contributed by atoms with Gasteiger partial charge in [0.15, 0.2) is 0 Å². The van der Waals surface area contributed by atoms with E-state index in [0.717, 1.165) is 25.7 Å².